The van der Waals surface area contributed by atoms with Gasteiger partial charge in [-0.15, -0.1) is 0 Å². The Balaban J connectivity index is 0.730. The van der Waals surface area contributed by atoms with Crippen LogP contribution in [0.25, 0.3) is 0 Å². The maximum absolute atomic E-state index is 15.3. The minimum absolute atomic E-state index is 0.150. The van der Waals surface area contributed by atoms with Gasteiger partial charge in [0.2, 0.25) is 6.29 Å². The molecule has 11 aliphatic rings. The van der Waals surface area contributed by atoms with E-state index < -0.39 is 202 Å². The van der Waals surface area contributed by atoms with Crippen LogP contribution < -0.4 is 0 Å². The molecule has 29 heteroatoms. The Labute approximate surface area is 534 Å². The van der Waals surface area contributed by atoms with Crippen molar-refractivity contribution in [1.82, 2.24) is 0 Å². The Morgan fingerprint density at radius 1 is 0.522 bits per heavy atom. The lowest BCUT2D eigenvalue weighted by Gasteiger charge is -2.71. The van der Waals surface area contributed by atoms with Crippen LogP contribution in [0.1, 0.15) is 120 Å². The lowest BCUT2D eigenvalue weighted by molar-refractivity contribution is -0.364. The molecule has 0 aromatic carbocycles. The molecule has 0 amide bonds. The largest absolute Gasteiger partial charge is 0.432 e. The number of hydrogen-bond donors (Lipinski definition) is 16. The first-order valence-electron chi connectivity index (χ1n) is 32.9. The summed E-state index contributed by atoms with van der Waals surface area (Å²) >= 11 is 0. The zero-order valence-corrected chi connectivity index (χ0v) is 53.5. The van der Waals surface area contributed by atoms with Gasteiger partial charge in [-0.3, -0.25) is 4.79 Å². The third-order valence-corrected chi connectivity index (χ3v) is 24.4. The van der Waals surface area contributed by atoms with Crippen molar-refractivity contribution in [2.45, 2.75) is 292 Å². The molecule has 0 bridgehead atoms. The highest BCUT2D eigenvalue weighted by atomic mass is 16.8. The number of allylic oxidation sites excluding steroid dienone is 2. The van der Waals surface area contributed by atoms with E-state index in [1.807, 2.05) is 0 Å². The van der Waals surface area contributed by atoms with Crippen molar-refractivity contribution >= 4 is 5.97 Å². The van der Waals surface area contributed by atoms with Gasteiger partial charge in [0.1, 0.15) is 122 Å². The molecule has 6 saturated heterocycles. The second-order valence-electron chi connectivity index (χ2n) is 30.6. The van der Waals surface area contributed by atoms with E-state index in [2.05, 4.69) is 54.5 Å². The number of carbonyl (C=O) groups is 1. The smallest absolute Gasteiger partial charge is 0.315 e. The van der Waals surface area contributed by atoms with Gasteiger partial charge >= 0.3 is 5.97 Å². The summed E-state index contributed by atoms with van der Waals surface area (Å²) in [5, 5.41) is 173. The van der Waals surface area contributed by atoms with E-state index in [-0.39, 0.29) is 59.2 Å². The van der Waals surface area contributed by atoms with Gasteiger partial charge in [-0.1, -0.05) is 60.1 Å². The average molecular weight is 1320 g/mol. The molecule has 0 radical (unpaired) electrons. The predicted octanol–water partition coefficient (Wildman–Crippen LogP) is -3.44. The first-order valence-corrected chi connectivity index (χ1v) is 32.9. The van der Waals surface area contributed by atoms with E-state index in [1.165, 1.54) is 5.57 Å². The molecule has 0 aromatic heterocycles. The van der Waals surface area contributed by atoms with Crippen molar-refractivity contribution in [3.8, 4) is 0 Å². The molecule has 6 heterocycles. The molecular formula is C63H102O29. The summed E-state index contributed by atoms with van der Waals surface area (Å²) in [6.45, 7) is 15.1. The van der Waals surface area contributed by atoms with Crippen LogP contribution in [0.4, 0.5) is 0 Å². The van der Waals surface area contributed by atoms with Gasteiger partial charge in [-0.2, -0.15) is 0 Å². The molecular weight excluding hydrogens is 1220 g/mol. The van der Waals surface area contributed by atoms with Crippen LogP contribution in [-0.4, -0.2) is 293 Å². The van der Waals surface area contributed by atoms with Crippen LogP contribution in [0.3, 0.4) is 0 Å². The summed E-state index contributed by atoms with van der Waals surface area (Å²) in [7, 11) is 0. The zero-order chi connectivity index (χ0) is 66.9. The minimum Gasteiger partial charge on any atom is -0.432 e. The SMILES string of the molecule is CC1OC(O[C@@H]2CC[C@]3(C)C(CC[C@@]4(C)C3CC=C3C5CC(C)(C)CC[C@@]5(C(=O)OC5OC(CO)C(OC6OC(COC7OCC(O)C(O)C7O)C(O)C(O)C6O)C(O)C5O)CC[C@@]34C)C2(C)C)C(O)C(O)C1OC1OCC(OC2OCC(O)C(O)C2O)C(O)C1O. The molecule has 16 N–H and O–H groups in total. The number of fused-ring (bicyclic) bond motifs is 7. The first kappa shape index (κ1) is 71.4. The highest BCUT2D eigenvalue weighted by Crippen LogP contribution is 2.76. The van der Waals surface area contributed by atoms with Crippen molar-refractivity contribution in [2.24, 2.45) is 50.2 Å². The molecule has 10 fully saturated rings. The quantitative estimate of drug-likeness (QED) is 0.0457. The zero-order valence-electron chi connectivity index (χ0n) is 53.5. The summed E-state index contributed by atoms with van der Waals surface area (Å²) in [6.07, 6.45) is -33.8. The number of ether oxygens (including phenoxy) is 12. The molecule has 528 valence electrons. The van der Waals surface area contributed by atoms with E-state index in [0.29, 0.717) is 38.5 Å². The molecule has 0 aromatic rings. The molecule has 4 saturated carbocycles. The number of aliphatic hydroxyl groups is 16. The molecule has 5 aliphatic carbocycles. The van der Waals surface area contributed by atoms with Crippen LogP contribution in [0, 0.1) is 50.2 Å². The lowest BCUT2D eigenvalue weighted by Crippen LogP contribution is -2.66. The third-order valence-electron chi connectivity index (χ3n) is 24.4. The van der Waals surface area contributed by atoms with E-state index >= 15 is 4.79 Å². The Morgan fingerprint density at radius 3 is 1.76 bits per heavy atom. The van der Waals surface area contributed by atoms with Gasteiger partial charge in [-0.05, 0) is 116 Å². The Morgan fingerprint density at radius 2 is 1.08 bits per heavy atom. The predicted molar refractivity (Wildman–Crippen MR) is 309 cm³/mol. The summed E-state index contributed by atoms with van der Waals surface area (Å²) in [4.78, 5) is 15.3. The van der Waals surface area contributed by atoms with E-state index in [4.69, 9.17) is 56.8 Å². The number of rotatable bonds is 14. The van der Waals surface area contributed by atoms with Crippen LogP contribution in [0.15, 0.2) is 11.6 Å². The van der Waals surface area contributed by atoms with Crippen molar-refractivity contribution in [2.75, 3.05) is 33.0 Å². The van der Waals surface area contributed by atoms with Crippen LogP contribution >= 0.6 is 0 Å². The summed E-state index contributed by atoms with van der Waals surface area (Å²) < 4.78 is 70.3. The second-order valence-corrected chi connectivity index (χ2v) is 30.6. The lowest BCUT2D eigenvalue weighted by atomic mass is 9.33. The van der Waals surface area contributed by atoms with E-state index in [1.54, 1.807) is 6.92 Å². The second kappa shape index (κ2) is 26.7. The number of carbonyl (C=O) groups excluding carboxylic acids is 1. The molecule has 0 spiro atoms. The van der Waals surface area contributed by atoms with Crippen molar-refractivity contribution in [3.05, 3.63) is 11.6 Å². The number of hydrogen-bond acceptors (Lipinski definition) is 29. The van der Waals surface area contributed by atoms with Crippen molar-refractivity contribution < 1.29 is 143 Å². The fourth-order valence-corrected chi connectivity index (χ4v) is 18.5. The highest BCUT2D eigenvalue weighted by Gasteiger charge is 2.70. The Hall–Kier alpha value is -1.87. The van der Waals surface area contributed by atoms with Gasteiger partial charge in [0.25, 0.3) is 0 Å². The molecule has 30 unspecified atom stereocenters. The summed E-state index contributed by atoms with van der Waals surface area (Å²) in [6, 6.07) is 0. The van der Waals surface area contributed by atoms with Crippen molar-refractivity contribution in [1.29, 1.82) is 0 Å². The molecule has 92 heavy (non-hydrogen) atoms. The van der Waals surface area contributed by atoms with Crippen LogP contribution in [0.2, 0.25) is 0 Å². The molecule has 29 nitrogen and oxygen atoms in total. The van der Waals surface area contributed by atoms with E-state index in [0.717, 1.165) is 25.7 Å². The molecule has 35 atom stereocenters. The summed E-state index contributed by atoms with van der Waals surface area (Å²) in [5.41, 5.74) is -1.23. The van der Waals surface area contributed by atoms with Gasteiger partial charge in [0.15, 0.2) is 31.5 Å². The minimum atomic E-state index is -1.95. The maximum Gasteiger partial charge on any atom is 0.315 e. The molecule has 6 aliphatic heterocycles. The van der Waals surface area contributed by atoms with Gasteiger partial charge in [-0.25, -0.2) is 0 Å². The fourth-order valence-electron chi connectivity index (χ4n) is 18.5. The van der Waals surface area contributed by atoms with E-state index in [9.17, 15) is 81.7 Å². The first-order chi connectivity index (χ1) is 43.1. The number of esters is 1. The Bertz CT molecular complexity index is 2580. The third kappa shape index (κ3) is 12.3. The topological polar surface area (TPSA) is 452 Å². The van der Waals surface area contributed by atoms with Crippen molar-refractivity contribution in [3.63, 3.8) is 0 Å². The number of aliphatic hydroxyl groups excluding tert-OH is 16. The van der Waals surface area contributed by atoms with Gasteiger partial charge in [0.05, 0.1) is 50.7 Å². The van der Waals surface area contributed by atoms with Gasteiger partial charge < -0.3 is 139 Å². The maximum atomic E-state index is 15.3. The Kier molecular flexibility index (Phi) is 20.7. The van der Waals surface area contributed by atoms with Crippen LogP contribution in [-0.2, 0) is 61.6 Å². The van der Waals surface area contributed by atoms with Crippen LogP contribution in [0.5, 0.6) is 0 Å². The molecule has 11 rings (SSSR count). The highest BCUT2D eigenvalue weighted by molar-refractivity contribution is 5.79. The van der Waals surface area contributed by atoms with Gasteiger partial charge in [0, 0.05) is 0 Å². The monoisotopic (exact) mass is 1320 g/mol. The normalized spacial score (nSPS) is 54.3. The summed E-state index contributed by atoms with van der Waals surface area (Å²) in [5.74, 6) is -0.509. The average Bonchev–Trinajstić information content (AvgIpc) is 0.676. The fraction of sp³-hybridized carbons (Fsp3) is 0.952. The standard InChI is InChI=1S/C63H102O29/c1-25-49(90-53-45(76)39(70)32(24-84-53)87-52-44(75)37(68)29(66)22-82-52)41(72)47(78)54(85-25)89-35-12-13-60(6)33(59(35,4)5)11-14-62(8)34(60)10-9-26-27-19-58(2,3)15-17-63(27,18-16-61(26,62)7)57(80)92-56-48(79)42(73)50(30(20-64)86-56)91-55-46(77)40(71)38(69)31(88-55)23-83-51-43(74)36(67)28(65)21-81-51/h9,25,27-56,64-79H,10-24H2,1-8H3/t25?,27?,28?,29?,30?,31?,32?,33?,34?,35-,36?,37?,38?,39?,40?,41?,42?,43?,44?,45?,46?,47?,48?,49?,50?,51?,52?,53?,54?,55?,56?,60-,61+,62+,63-/m1/s1.